The molecule has 0 saturated heterocycles. The van der Waals surface area contributed by atoms with E-state index >= 15 is 0 Å². The summed E-state index contributed by atoms with van der Waals surface area (Å²) in [4.78, 5) is 9.68. The van der Waals surface area contributed by atoms with Crippen LogP contribution in [0, 0.1) is 11.9 Å². The Hall–Kier alpha value is -3.21. The van der Waals surface area contributed by atoms with Gasteiger partial charge in [0.25, 0.3) is 0 Å². The molecule has 0 aliphatic heterocycles. The lowest BCUT2D eigenvalue weighted by molar-refractivity contribution is 0.105. The largest absolute Gasteiger partial charge is 0.487 e. The molecule has 3 rings (SSSR count). The highest BCUT2D eigenvalue weighted by Crippen LogP contribution is 2.18. The van der Waals surface area contributed by atoms with Crippen LogP contribution in [0.5, 0.6) is 5.75 Å². The fraction of sp³-hybridized carbons (Fsp3) is 0.182. The molecular weight excluding hydrogens is 343 g/mol. The minimum Gasteiger partial charge on any atom is -0.487 e. The summed E-state index contributed by atoms with van der Waals surface area (Å²) in [6, 6.07) is 21.0. The Kier molecular flexibility index (Phi) is 6.52. The van der Waals surface area contributed by atoms with E-state index in [0.29, 0.717) is 0 Å². The zero-order valence-corrected chi connectivity index (χ0v) is 15.1. The summed E-state index contributed by atoms with van der Waals surface area (Å²) in [6.07, 6.45) is 2.50. The second kappa shape index (κ2) is 9.48. The summed E-state index contributed by atoms with van der Waals surface area (Å²) < 4.78 is 18.7. The van der Waals surface area contributed by atoms with Gasteiger partial charge < -0.3 is 9.57 Å². The van der Waals surface area contributed by atoms with Crippen LogP contribution in [0.1, 0.15) is 18.9 Å². The van der Waals surface area contributed by atoms with Crippen LogP contribution in [0.4, 0.5) is 4.39 Å². The van der Waals surface area contributed by atoms with Crippen molar-refractivity contribution in [2.24, 2.45) is 5.16 Å². The highest BCUT2D eigenvalue weighted by Gasteiger charge is 2.05. The first-order valence-corrected chi connectivity index (χ1v) is 8.77. The van der Waals surface area contributed by atoms with Crippen molar-refractivity contribution in [1.29, 1.82) is 0 Å². The highest BCUT2D eigenvalue weighted by molar-refractivity contribution is 6.00. The van der Waals surface area contributed by atoms with Gasteiger partial charge in [0.2, 0.25) is 0 Å². The number of halogens is 1. The summed E-state index contributed by atoms with van der Waals surface area (Å²) in [6.45, 7) is 2.44. The number of ether oxygens (including phenoxy) is 1. The van der Waals surface area contributed by atoms with Crippen molar-refractivity contribution in [3.05, 3.63) is 84.3 Å². The Morgan fingerprint density at radius 1 is 1.07 bits per heavy atom. The first kappa shape index (κ1) is 18.6. The van der Waals surface area contributed by atoms with Crippen molar-refractivity contribution in [3.8, 4) is 17.0 Å². The number of nitrogens with zero attached hydrogens (tertiary/aromatic N) is 2. The number of oxime groups is 1. The van der Waals surface area contributed by atoms with E-state index in [4.69, 9.17) is 9.57 Å². The molecule has 0 spiro atoms. The Bertz CT molecular complexity index is 880. The standard InChI is InChI=1S/C22H20FN2O2/c1-2-20(25-27-16-15-26-22-9-4-3-7-19(22)23)17-10-12-18(13-11-17)21-8-5-6-14-24-21/h3-6,8-14H,2,15-16H2,1H3/b25-20+. The van der Waals surface area contributed by atoms with Crippen LogP contribution in [0.15, 0.2) is 72.0 Å². The molecule has 3 aromatic rings. The maximum atomic E-state index is 13.4. The minimum atomic E-state index is -0.511. The average Bonchev–Trinajstić information content (AvgIpc) is 2.73. The predicted octanol–water partition coefficient (Wildman–Crippen LogP) is 4.90. The van der Waals surface area contributed by atoms with Gasteiger partial charge in [-0.2, -0.15) is 0 Å². The molecular formula is C22H20FN2O2. The number of aromatic nitrogens is 1. The summed E-state index contributed by atoms with van der Waals surface area (Å²) >= 11 is 0. The number of rotatable bonds is 8. The van der Waals surface area contributed by atoms with Crippen molar-refractivity contribution in [2.75, 3.05) is 13.2 Å². The molecule has 1 aromatic heterocycles. The molecule has 0 fully saturated rings. The molecule has 0 N–H and O–H groups in total. The molecule has 2 aromatic carbocycles. The van der Waals surface area contributed by atoms with E-state index in [2.05, 4.69) is 16.2 Å². The van der Waals surface area contributed by atoms with Crippen molar-refractivity contribution < 1.29 is 14.0 Å². The smallest absolute Gasteiger partial charge is 0.172 e. The van der Waals surface area contributed by atoms with E-state index in [1.165, 1.54) is 6.07 Å². The number of benzene rings is 2. The van der Waals surface area contributed by atoms with Crippen LogP contribution in [0.25, 0.3) is 11.3 Å². The third-order valence-electron chi connectivity index (χ3n) is 3.89. The van der Waals surface area contributed by atoms with Gasteiger partial charge in [0.1, 0.15) is 6.61 Å². The van der Waals surface area contributed by atoms with Crippen LogP contribution >= 0.6 is 0 Å². The zero-order chi connectivity index (χ0) is 18.9. The van der Waals surface area contributed by atoms with Crippen molar-refractivity contribution in [1.82, 2.24) is 4.98 Å². The molecule has 137 valence electrons. The monoisotopic (exact) mass is 363 g/mol. The Morgan fingerprint density at radius 3 is 2.63 bits per heavy atom. The number of hydrogen-bond donors (Lipinski definition) is 0. The molecule has 0 saturated carbocycles. The van der Waals surface area contributed by atoms with E-state index in [1.807, 2.05) is 49.4 Å². The molecule has 0 aliphatic carbocycles. The minimum absolute atomic E-state index is 0.158. The van der Waals surface area contributed by atoms with Gasteiger partial charge in [-0.1, -0.05) is 54.5 Å². The quantitative estimate of drug-likeness (QED) is 0.325. The molecule has 27 heavy (non-hydrogen) atoms. The second-order valence-corrected chi connectivity index (χ2v) is 5.71. The molecule has 0 atom stereocenters. The topological polar surface area (TPSA) is 43.7 Å². The third kappa shape index (κ3) is 5.14. The fourth-order valence-corrected chi connectivity index (χ4v) is 2.51. The van der Waals surface area contributed by atoms with Crippen molar-refractivity contribution in [2.45, 2.75) is 13.3 Å². The van der Waals surface area contributed by atoms with Crippen LogP contribution in [-0.4, -0.2) is 23.9 Å². The summed E-state index contributed by atoms with van der Waals surface area (Å²) in [7, 11) is 0. The van der Waals surface area contributed by atoms with Gasteiger partial charge >= 0.3 is 0 Å². The maximum absolute atomic E-state index is 13.4. The van der Waals surface area contributed by atoms with Gasteiger partial charge in [0.15, 0.2) is 18.2 Å². The van der Waals surface area contributed by atoms with Crippen LogP contribution in [0.2, 0.25) is 0 Å². The molecule has 0 aliphatic rings. The van der Waals surface area contributed by atoms with Crippen LogP contribution < -0.4 is 4.74 Å². The van der Waals surface area contributed by atoms with Gasteiger partial charge in [-0.3, -0.25) is 4.98 Å². The highest BCUT2D eigenvalue weighted by atomic mass is 19.1. The lowest BCUT2D eigenvalue weighted by Crippen LogP contribution is -2.07. The van der Waals surface area contributed by atoms with Gasteiger partial charge in [-0.15, -0.1) is 0 Å². The molecule has 0 bridgehead atoms. The lowest BCUT2D eigenvalue weighted by atomic mass is 10.0. The van der Waals surface area contributed by atoms with E-state index in [0.717, 1.165) is 29.0 Å². The normalized spacial score (nSPS) is 11.3. The van der Waals surface area contributed by atoms with Crippen LogP contribution in [0.3, 0.4) is 0 Å². The SMILES string of the molecule is CC/C(=N\OCCOc1ccc[c]c1F)c1ccc(-c2ccccn2)cc1. The Morgan fingerprint density at radius 2 is 1.93 bits per heavy atom. The predicted molar refractivity (Wildman–Crippen MR) is 103 cm³/mol. The van der Waals surface area contributed by atoms with Gasteiger partial charge in [0.05, 0.1) is 11.4 Å². The molecule has 1 heterocycles. The van der Waals surface area contributed by atoms with Crippen molar-refractivity contribution >= 4 is 5.71 Å². The van der Waals surface area contributed by atoms with Crippen LogP contribution in [-0.2, 0) is 4.84 Å². The Labute approximate surface area is 158 Å². The van der Waals surface area contributed by atoms with Gasteiger partial charge in [0, 0.05) is 17.8 Å². The Balaban J connectivity index is 1.55. The maximum Gasteiger partial charge on any atom is 0.172 e. The van der Waals surface area contributed by atoms with E-state index in [9.17, 15) is 4.39 Å². The summed E-state index contributed by atoms with van der Waals surface area (Å²) in [5.74, 6) is -0.353. The molecule has 0 unspecified atom stereocenters. The zero-order valence-electron chi connectivity index (χ0n) is 15.1. The van der Waals surface area contributed by atoms with Gasteiger partial charge in [-0.25, -0.2) is 4.39 Å². The van der Waals surface area contributed by atoms with Crippen molar-refractivity contribution in [3.63, 3.8) is 0 Å². The lowest BCUT2D eigenvalue weighted by Gasteiger charge is -2.08. The molecule has 4 nitrogen and oxygen atoms in total. The number of pyridine rings is 1. The molecule has 5 heteroatoms. The number of hydrogen-bond acceptors (Lipinski definition) is 4. The second-order valence-electron chi connectivity index (χ2n) is 5.71. The molecule has 1 radical (unpaired) electrons. The van der Waals surface area contributed by atoms with E-state index in [-0.39, 0.29) is 19.0 Å². The summed E-state index contributed by atoms with van der Waals surface area (Å²) in [5, 5.41) is 4.19. The van der Waals surface area contributed by atoms with E-state index in [1.54, 1.807) is 18.3 Å². The first-order valence-electron chi connectivity index (χ1n) is 8.77. The average molecular weight is 363 g/mol. The first-order chi connectivity index (χ1) is 13.3. The van der Waals surface area contributed by atoms with E-state index < -0.39 is 5.82 Å². The third-order valence-corrected chi connectivity index (χ3v) is 3.89. The van der Waals surface area contributed by atoms with Gasteiger partial charge in [-0.05, 0) is 30.2 Å². The fourth-order valence-electron chi connectivity index (χ4n) is 2.51. The summed E-state index contributed by atoms with van der Waals surface area (Å²) in [5.41, 5.74) is 3.80. The molecule has 0 amide bonds.